The maximum atomic E-state index is 12.1. The van der Waals surface area contributed by atoms with Gasteiger partial charge in [-0.25, -0.2) is 0 Å². The molecule has 1 aliphatic rings. The van der Waals surface area contributed by atoms with E-state index in [-0.39, 0.29) is 16.5 Å². The minimum atomic E-state index is -0.927. The molecule has 0 aromatic rings. The summed E-state index contributed by atoms with van der Waals surface area (Å²) < 4.78 is 0.218. The van der Waals surface area contributed by atoms with Crippen molar-refractivity contribution in [2.45, 2.75) is 37.9 Å². The molecule has 4 N–H and O–H groups in total. The van der Waals surface area contributed by atoms with Gasteiger partial charge in [0.1, 0.15) is 5.41 Å². The normalized spacial score (nSPS) is 21.7. The third kappa shape index (κ3) is 2.86. The van der Waals surface area contributed by atoms with Crippen molar-refractivity contribution < 1.29 is 10.0 Å². The SMILES string of the molecule is CCC(C)(C(=O)NCC1(SC)CC1)C(N)=NO. The number of hydrogen-bond acceptors (Lipinski definition) is 4. The van der Waals surface area contributed by atoms with Crippen LogP contribution in [0.25, 0.3) is 0 Å². The molecule has 98 valence electrons. The zero-order chi connectivity index (χ0) is 13.1. The number of carbonyl (C=O) groups is 1. The molecule has 1 atom stereocenters. The highest BCUT2D eigenvalue weighted by Gasteiger charge is 2.44. The number of nitrogens with zero attached hydrogens (tertiary/aromatic N) is 1. The molecule has 17 heavy (non-hydrogen) atoms. The fraction of sp³-hybridized carbons (Fsp3) is 0.818. The zero-order valence-electron chi connectivity index (χ0n) is 10.6. The van der Waals surface area contributed by atoms with E-state index >= 15 is 0 Å². The molecule has 0 aromatic carbocycles. The van der Waals surface area contributed by atoms with E-state index in [1.807, 2.05) is 6.92 Å². The molecule has 5 nitrogen and oxygen atoms in total. The Bertz CT molecular complexity index is 329. The average molecular weight is 259 g/mol. The molecule has 0 saturated heterocycles. The van der Waals surface area contributed by atoms with Crippen molar-refractivity contribution in [3.8, 4) is 0 Å². The second kappa shape index (κ2) is 5.16. The van der Waals surface area contributed by atoms with E-state index < -0.39 is 5.41 Å². The molecule has 0 aromatic heterocycles. The molecule has 1 fully saturated rings. The Labute approximate surface area is 106 Å². The monoisotopic (exact) mass is 259 g/mol. The molecule has 0 heterocycles. The largest absolute Gasteiger partial charge is 0.409 e. The van der Waals surface area contributed by atoms with Crippen molar-refractivity contribution in [1.29, 1.82) is 0 Å². The number of thioether (sulfide) groups is 1. The summed E-state index contributed by atoms with van der Waals surface area (Å²) in [6, 6.07) is 0. The molecule has 6 heteroatoms. The van der Waals surface area contributed by atoms with Crippen molar-refractivity contribution in [1.82, 2.24) is 5.32 Å². The average Bonchev–Trinajstić information content (AvgIpc) is 3.14. The van der Waals surface area contributed by atoms with Crippen LogP contribution in [0.4, 0.5) is 0 Å². The number of rotatable bonds is 6. The number of amides is 1. The van der Waals surface area contributed by atoms with E-state index in [1.54, 1.807) is 18.7 Å². The second-order valence-corrected chi connectivity index (χ2v) is 6.01. The van der Waals surface area contributed by atoms with Crippen LogP contribution in [0.1, 0.15) is 33.1 Å². The number of carbonyl (C=O) groups excluding carboxylic acids is 1. The Morgan fingerprint density at radius 2 is 2.24 bits per heavy atom. The van der Waals surface area contributed by atoms with Crippen molar-refractivity contribution >= 4 is 23.5 Å². The number of amidine groups is 1. The predicted molar refractivity (Wildman–Crippen MR) is 70.3 cm³/mol. The number of nitrogens with two attached hydrogens (primary N) is 1. The van der Waals surface area contributed by atoms with Gasteiger partial charge in [0, 0.05) is 11.3 Å². The Kier molecular flexibility index (Phi) is 4.30. The van der Waals surface area contributed by atoms with Gasteiger partial charge in [-0.1, -0.05) is 12.1 Å². The summed E-state index contributed by atoms with van der Waals surface area (Å²) in [7, 11) is 0. The van der Waals surface area contributed by atoms with Crippen LogP contribution < -0.4 is 11.1 Å². The zero-order valence-corrected chi connectivity index (χ0v) is 11.4. The van der Waals surface area contributed by atoms with E-state index in [0.717, 1.165) is 12.8 Å². The highest BCUT2D eigenvalue weighted by atomic mass is 32.2. The van der Waals surface area contributed by atoms with Gasteiger partial charge in [-0.3, -0.25) is 4.79 Å². The third-order valence-corrected chi connectivity index (χ3v) is 5.11. The second-order valence-electron chi connectivity index (χ2n) is 4.74. The van der Waals surface area contributed by atoms with E-state index in [0.29, 0.717) is 13.0 Å². The lowest BCUT2D eigenvalue weighted by atomic mass is 9.85. The minimum Gasteiger partial charge on any atom is -0.409 e. The maximum Gasteiger partial charge on any atom is 0.233 e. The summed E-state index contributed by atoms with van der Waals surface area (Å²) >= 11 is 1.79. The first-order valence-electron chi connectivity index (χ1n) is 5.75. The van der Waals surface area contributed by atoms with Crippen LogP contribution in [-0.4, -0.2) is 34.5 Å². The van der Waals surface area contributed by atoms with Gasteiger partial charge in [0.2, 0.25) is 5.91 Å². The Morgan fingerprint density at radius 1 is 1.65 bits per heavy atom. The van der Waals surface area contributed by atoms with Crippen molar-refractivity contribution in [2.24, 2.45) is 16.3 Å². The Balaban J connectivity index is 2.61. The lowest BCUT2D eigenvalue weighted by Crippen LogP contribution is -2.49. The summed E-state index contributed by atoms with van der Waals surface area (Å²) in [5.74, 6) is -0.206. The fourth-order valence-corrected chi connectivity index (χ4v) is 2.32. The van der Waals surface area contributed by atoms with E-state index in [9.17, 15) is 4.79 Å². The first-order valence-corrected chi connectivity index (χ1v) is 6.98. The van der Waals surface area contributed by atoms with Crippen LogP contribution >= 0.6 is 11.8 Å². The van der Waals surface area contributed by atoms with E-state index in [4.69, 9.17) is 10.9 Å². The summed E-state index contributed by atoms with van der Waals surface area (Å²) in [5, 5.41) is 14.6. The number of oxime groups is 1. The molecule has 1 unspecified atom stereocenters. The molecule has 0 spiro atoms. The molecule has 0 aliphatic heterocycles. The van der Waals surface area contributed by atoms with Crippen LogP contribution in [0.3, 0.4) is 0 Å². The van der Waals surface area contributed by atoms with Gasteiger partial charge in [-0.15, -0.1) is 0 Å². The smallest absolute Gasteiger partial charge is 0.233 e. The molecule has 1 amide bonds. The first kappa shape index (κ1) is 14.2. The molecule has 1 rings (SSSR count). The summed E-state index contributed by atoms with van der Waals surface area (Å²) in [6.07, 6.45) is 4.84. The minimum absolute atomic E-state index is 0.0356. The van der Waals surface area contributed by atoms with Crippen molar-refractivity contribution in [2.75, 3.05) is 12.8 Å². The lowest BCUT2D eigenvalue weighted by molar-refractivity contribution is -0.127. The third-order valence-electron chi connectivity index (χ3n) is 3.69. The Morgan fingerprint density at radius 3 is 2.59 bits per heavy atom. The number of nitrogens with one attached hydrogen (secondary N) is 1. The van der Waals surface area contributed by atoms with Crippen LogP contribution in [0.5, 0.6) is 0 Å². The highest BCUT2D eigenvalue weighted by Crippen LogP contribution is 2.46. The standard InChI is InChI=1S/C11H21N3O2S/c1-4-10(2,8(12)14-16)9(15)13-7-11(17-3)5-6-11/h16H,4-7H2,1-3H3,(H2,12,14)(H,13,15). The van der Waals surface area contributed by atoms with Gasteiger partial charge in [0.15, 0.2) is 5.84 Å². The van der Waals surface area contributed by atoms with Crippen LogP contribution in [0.2, 0.25) is 0 Å². The van der Waals surface area contributed by atoms with Crippen LogP contribution in [0.15, 0.2) is 5.16 Å². The highest BCUT2D eigenvalue weighted by molar-refractivity contribution is 8.00. The molecule has 1 saturated carbocycles. The summed E-state index contributed by atoms with van der Waals surface area (Å²) in [5.41, 5.74) is 4.66. The Hall–Kier alpha value is -0.910. The number of hydrogen-bond donors (Lipinski definition) is 3. The van der Waals surface area contributed by atoms with Crippen LogP contribution in [0, 0.1) is 5.41 Å². The van der Waals surface area contributed by atoms with E-state index in [1.165, 1.54) is 0 Å². The van der Waals surface area contributed by atoms with Gasteiger partial charge < -0.3 is 16.3 Å². The van der Waals surface area contributed by atoms with Crippen molar-refractivity contribution in [3.63, 3.8) is 0 Å². The maximum absolute atomic E-state index is 12.1. The van der Waals surface area contributed by atoms with Gasteiger partial charge >= 0.3 is 0 Å². The van der Waals surface area contributed by atoms with E-state index in [2.05, 4.69) is 16.7 Å². The predicted octanol–water partition coefficient (Wildman–Crippen LogP) is 1.16. The van der Waals surface area contributed by atoms with Gasteiger partial charge in [-0.2, -0.15) is 11.8 Å². The van der Waals surface area contributed by atoms with Gasteiger partial charge in [0.05, 0.1) is 0 Å². The molecule has 0 bridgehead atoms. The molecular formula is C11H21N3O2S. The summed E-state index contributed by atoms with van der Waals surface area (Å²) in [6.45, 7) is 4.19. The van der Waals surface area contributed by atoms with Gasteiger partial charge in [-0.05, 0) is 32.4 Å². The van der Waals surface area contributed by atoms with Gasteiger partial charge in [0.25, 0.3) is 0 Å². The quantitative estimate of drug-likeness (QED) is 0.289. The molecular weight excluding hydrogens is 238 g/mol. The first-order chi connectivity index (χ1) is 7.94. The fourth-order valence-electron chi connectivity index (χ4n) is 1.60. The summed E-state index contributed by atoms with van der Waals surface area (Å²) in [4.78, 5) is 12.1. The topological polar surface area (TPSA) is 87.7 Å². The lowest BCUT2D eigenvalue weighted by Gasteiger charge is -2.26. The van der Waals surface area contributed by atoms with Crippen molar-refractivity contribution in [3.05, 3.63) is 0 Å². The molecule has 1 aliphatic carbocycles. The van der Waals surface area contributed by atoms with Crippen LogP contribution in [-0.2, 0) is 4.79 Å². The molecule has 0 radical (unpaired) electrons.